The van der Waals surface area contributed by atoms with Crippen molar-refractivity contribution in [1.82, 2.24) is 4.98 Å². The largest absolute Gasteiger partial charge is 0.297 e. The number of para-hydroxylation sites is 2. The first-order chi connectivity index (χ1) is 9.84. The molecular formula is C16H9N3O. The first kappa shape index (κ1) is 11.0. The van der Waals surface area contributed by atoms with Gasteiger partial charge >= 0.3 is 0 Å². The van der Waals surface area contributed by atoms with E-state index in [2.05, 4.69) is 15.2 Å². The molecule has 94 valence electrons. The van der Waals surface area contributed by atoms with E-state index in [1.54, 1.807) is 0 Å². The lowest BCUT2D eigenvalue weighted by Crippen LogP contribution is -1.98. The third-order valence-corrected chi connectivity index (χ3v) is 3.42. The summed E-state index contributed by atoms with van der Waals surface area (Å²) < 4.78 is 0. The van der Waals surface area contributed by atoms with Crippen molar-refractivity contribution in [3.8, 4) is 0 Å². The minimum atomic E-state index is -0.300. The predicted octanol–water partition coefficient (Wildman–Crippen LogP) is 3.72. The second-order valence-electron chi connectivity index (χ2n) is 4.58. The summed E-state index contributed by atoms with van der Waals surface area (Å²) in [7, 11) is 0. The number of pyridine rings is 1. The molecule has 0 unspecified atom stereocenters. The van der Waals surface area contributed by atoms with Crippen molar-refractivity contribution in [3.05, 3.63) is 60.3 Å². The molecule has 0 spiro atoms. The van der Waals surface area contributed by atoms with Gasteiger partial charge in [-0.15, -0.1) is 5.11 Å². The molecule has 1 aliphatic rings. The van der Waals surface area contributed by atoms with Crippen molar-refractivity contribution >= 4 is 33.3 Å². The van der Waals surface area contributed by atoms with E-state index >= 15 is 0 Å². The lowest BCUT2D eigenvalue weighted by molar-refractivity contribution is -0.112. The highest BCUT2D eigenvalue weighted by Crippen LogP contribution is 2.33. The first-order valence-electron chi connectivity index (χ1n) is 6.28. The second kappa shape index (κ2) is 4.06. The smallest absolute Gasteiger partial charge is 0.265 e. The van der Waals surface area contributed by atoms with Gasteiger partial charge in [-0.3, -0.25) is 4.79 Å². The zero-order valence-corrected chi connectivity index (χ0v) is 10.4. The molecule has 2 aromatic carbocycles. The summed E-state index contributed by atoms with van der Waals surface area (Å²) in [6.45, 7) is 0. The zero-order valence-electron chi connectivity index (χ0n) is 10.4. The fourth-order valence-corrected chi connectivity index (χ4v) is 2.55. The predicted molar refractivity (Wildman–Crippen MR) is 77.1 cm³/mol. The van der Waals surface area contributed by atoms with Crippen LogP contribution < -0.4 is 0 Å². The van der Waals surface area contributed by atoms with E-state index < -0.39 is 0 Å². The lowest BCUT2D eigenvalue weighted by Gasteiger charge is -2.09. The van der Waals surface area contributed by atoms with E-state index in [1.165, 1.54) is 6.20 Å². The van der Waals surface area contributed by atoms with Crippen LogP contribution in [0.1, 0.15) is 5.56 Å². The molecule has 0 bridgehead atoms. The van der Waals surface area contributed by atoms with Crippen LogP contribution >= 0.6 is 0 Å². The Morgan fingerprint density at radius 2 is 1.40 bits per heavy atom. The molecular weight excluding hydrogens is 250 g/mol. The topological polar surface area (TPSA) is 54.7 Å². The standard InChI is InChI=1S/C16H9N3O/c20-16-12(9-17-19-16)15-10-5-1-3-7-13(10)18-14-8-4-2-6-11(14)15/h1-9H. The van der Waals surface area contributed by atoms with Gasteiger partial charge in [-0.05, 0) is 12.1 Å². The summed E-state index contributed by atoms with van der Waals surface area (Å²) in [5, 5.41) is 9.19. The fourth-order valence-electron chi connectivity index (χ4n) is 2.55. The number of carbonyl (C=O) groups is 1. The van der Waals surface area contributed by atoms with E-state index in [0.29, 0.717) is 5.57 Å². The van der Waals surface area contributed by atoms with Gasteiger partial charge in [0.15, 0.2) is 0 Å². The molecule has 0 atom stereocenters. The van der Waals surface area contributed by atoms with E-state index in [-0.39, 0.29) is 5.91 Å². The van der Waals surface area contributed by atoms with Gasteiger partial charge in [0.25, 0.3) is 5.91 Å². The lowest BCUT2D eigenvalue weighted by atomic mass is 9.96. The van der Waals surface area contributed by atoms with Crippen molar-refractivity contribution in [2.24, 2.45) is 10.2 Å². The van der Waals surface area contributed by atoms with Gasteiger partial charge in [0, 0.05) is 16.3 Å². The highest BCUT2D eigenvalue weighted by atomic mass is 16.2. The van der Waals surface area contributed by atoms with Crippen molar-refractivity contribution in [3.63, 3.8) is 0 Å². The maximum atomic E-state index is 11.9. The Labute approximate surface area is 114 Å². The molecule has 20 heavy (non-hydrogen) atoms. The molecule has 3 aromatic rings. The van der Waals surface area contributed by atoms with Crippen LogP contribution in [0.3, 0.4) is 0 Å². The summed E-state index contributed by atoms with van der Waals surface area (Å²) in [5.74, 6) is -0.300. The van der Waals surface area contributed by atoms with E-state index in [4.69, 9.17) is 0 Å². The number of fused-ring (bicyclic) bond motifs is 2. The highest BCUT2D eigenvalue weighted by Gasteiger charge is 2.21. The quantitative estimate of drug-likeness (QED) is 0.625. The summed E-state index contributed by atoms with van der Waals surface area (Å²) in [4.78, 5) is 16.5. The molecule has 0 N–H and O–H groups in total. The zero-order chi connectivity index (χ0) is 13.5. The van der Waals surface area contributed by atoms with Gasteiger partial charge in [0.2, 0.25) is 0 Å². The number of rotatable bonds is 1. The maximum absolute atomic E-state index is 11.9. The molecule has 2 heterocycles. The Morgan fingerprint density at radius 3 is 1.95 bits per heavy atom. The molecule has 0 fully saturated rings. The Kier molecular flexibility index (Phi) is 2.23. The van der Waals surface area contributed by atoms with Crippen molar-refractivity contribution in [2.75, 3.05) is 0 Å². The molecule has 4 rings (SSSR count). The average molecular weight is 259 g/mol. The van der Waals surface area contributed by atoms with Gasteiger partial charge in [-0.1, -0.05) is 36.4 Å². The van der Waals surface area contributed by atoms with Gasteiger partial charge in [-0.25, -0.2) is 4.98 Å². The fraction of sp³-hybridized carbons (Fsp3) is 0. The maximum Gasteiger partial charge on any atom is 0.297 e. The molecule has 4 nitrogen and oxygen atoms in total. The summed E-state index contributed by atoms with van der Waals surface area (Å²) >= 11 is 0. The highest BCUT2D eigenvalue weighted by molar-refractivity contribution is 6.27. The second-order valence-corrected chi connectivity index (χ2v) is 4.58. The number of nitrogens with zero attached hydrogens (tertiary/aromatic N) is 3. The van der Waals surface area contributed by atoms with Crippen LogP contribution in [0, 0.1) is 0 Å². The van der Waals surface area contributed by atoms with Crippen LogP contribution in [0.25, 0.3) is 27.4 Å². The number of aromatic nitrogens is 1. The summed E-state index contributed by atoms with van der Waals surface area (Å²) in [6, 6.07) is 15.6. The van der Waals surface area contributed by atoms with Crippen LogP contribution in [0.2, 0.25) is 0 Å². The van der Waals surface area contributed by atoms with Crippen LogP contribution in [-0.2, 0) is 4.79 Å². The van der Waals surface area contributed by atoms with Gasteiger partial charge in [0.1, 0.15) is 0 Å². The number of azo groups is 1. The van der Waals surface area contributed by atoms with Crippen LogP contribution in [0.15, 0.2) is 65.0 Å². The Hall–Kier alpha value is -2.88. The van der Waals surface area contributed by atoms with Crippen molar-refractivity contribution in [1.29, 1.82) is 0 Å². The monoisotopic (exact) mass is 259 g/mol. The van der Waals surface area contributed by atoms with Crippen LogP contribution in [0.5, 0.6) is 0 Å². The van der Waals surface area contributed by atoms with E-state index in [1.807, 2.05) is 48.5 Å². The number of amides is 1. The number of benzene rings is 2. The molecule has 1 amide bonds. The van der Waals surface area contributed by atoms with Crippen LogP contribution in [-0.4, -0.2) is 10.9 Å². The summed E-state index contributed by atoms with van der Waals surface area (Å²) in [5.41, 5.74) is 3.12. The first-order valence-corrected chi connectivity index (χ1v) is 6.28. The number of carbonyl (C=O) groups excluding carboxylic acids is 1. The van der Waals surface area contributed by atoms with Gasteiger partial charge in [-0.2, -0.15) is 5.11 Å². The Bertz CT molecular complexity index is 871. The van der Waals surface area contributed by atoms with Crippen LogP contribution in [0.4, 0.5) is 0 Å². The van der Waals surface area contributed by atoms with Gasteiger partial charge in [0.05, 0.1) is 22.8 Å². The minimum Gasteiger partial charge on any atom is -0.265 e. The van der Waals surface area contributed by atoms with E-state index in [9.17, 15) is 4.79 Å². The molecule has 0 saturated heterocycles. The van der Waals surface area contributed by atoms with E-state index in [0.717, 1.165) is 27.4 Å². The molecule has 0 aliphatic carbocycles. The summed E-state index contributed by atoms with van der Waals surface area (Å²) in [6.07, 6.45) is 1.52. The number of hydrogen-bond donors (Lipinski definition) is 0. The van der Waals surface area contributed by atoms with Crippen molar-refractivity contribution < 1.29 is 4.79 Å². The average Bonchev–Trinajstić information content (AvgIpc) is 2.90. The van der Waals surface area contributed by atoms with Gasteiger partial charge < -0.3 is 0 Å². The third kappa shape index (κ3) is 1.48. The third-order valence-electron chi connectivity index (χ3n) is 3.42. The number of hydrogen-bond acceptors (Lipinski definition) is 3. The normalized spacial score (nSPS) is 14.2. The SMILES string of the molecule is O=C1N=NC=C1c1c2ccccc2nc2ccccc12. The minimum absolute atomic E-state index is 0.300. The Balaban J connectivity index is 2.21. The molecule has 1 aliphatic heterocycles. The Morgan fingerprint density at radius 1 is 0.800 bits per heavy atom. The molecule has 0 saturated carbocycles. The molecule has 4 heteroatoms. The van der Waals surface area contributed by atoms with Crippen molar-refractivity contribution in [2.45, 2.75) is 0 Å². The molecule has 1 aromatic heterocycles. The molecule has 0 radical (unpaired) electrons.